The molecule has 186 valence electrons. The first-order valence-electron chi connectivity index (χ1n) is 11.7. The Morgan fingerprint density at radius 3 is 2.41 bits per heavy atom. The number of anilines is 1. The van der Waals surface area contributed by atoms with Crippen molar-refractivity contribution in [2.75, 3.05) is 24.3 Å². The third kappa shape index (κ3) is 6.12. The zero-order valence-corrected chi connectivity index (χ0v) is 20.0. The van der Waals surface area contributed by atoms with Crippen LogP contribution in [0.3, 0.4) is 0 Å². The molecule has 2 fully saturated rings. The average Bonchev–Trinajstić information content (AvgIpc) is 3.19. The second kappa shape index (κ2) is 10.7. The van der Waals surface area contributed by atoms with E-state index < -0.39 is 33.9 Å². The standard InChI is InChI=1S/C25H31F3N2O3S/c1-34(31,32)29-23-13-14-30(19-9-12-22(26)21(15-19)25(27)28)24(23)16-33-20-10-7-18(8-11-20)17-5-3-2-4-6-17/h2-6,9,12,15,18,20,23-25,29H,7-8,10-11,13-14,16H2,1H3/t18-,20+,23-,24-/m0/s1. The molecule has 34 heavy (non-hydrogen) atoms. The molecule has 1 aliphatic heterocycles. The molecule has 1 saturated heterocycles. The average molecular weight is 497 g/mol. The van der Waals surface area contributed by atoms with Crippen LogP contribution in [0, 0.1) is 5.82 Å². The number of alkyl halides is 2. The van der Waals surface area contributed by atoms with Gasteiger partial charge in [-0.25, -0.2) is 26.3 Å². The topological polar surface area (TPSA) is 58.6 Å². The van der Waals surface area contributed by atoms with E-state index in [1.165, 1.54) is 11.6 Å². The zero-order valence-electron chi connectivity index (χ0n) is 19.2. The van der Waals surface area contributed by atoms with Crippen LogP contribution in [-0.4, -0.2) is 46.0 Å². The SMILES string of the molecule is CS(=O)(=O)N[C@H]1CCN(c2ccc(F)c(C(F)F)c2)[C@H]1CO[C@H]1CC[C@@H](c2ccccc2)CC1. The molecule has 4 rings (SSSR count). The van der Waals surface area contributed by atoms with Crippen molar-refractivity contribution in [3.8, 4) is 0 Å². The number of nitrogens with one attached hydrogen (secondary N) is 1. The number of ether oxygens (including phenoxy) is 1. The lowest BCUT2D eigenvalue weighted by atomic mass is 9.83. The molecule has 1 saturated carbocycles. The zero-order chi connectivity index (χ0) is 24.3. The van der Waals surface area contributed by atoms with Crippen molar-refractivity contribution in [1.82, 2.24) is 4.72 Å². The monoisotopic (exact) mass is 496 g/mol. The Morgan fingerprint density at radius 2 is 1.76 bits per heavy atom. The van der Waals surface area contributed by atoms with E-state index in [0.29, 0.717) is 24.6 Å². The number of rotatable bonds is 8. The molecule has 2 aromatic carbocycles. The van der Waals surface area contributed by atoms with Gasteiger partial charge in [-0.1, -0.05) is 30.3 Å². The van der Waals surface area contributed by atoms with Crippen molar-refractivity contribution in [2.45, 2.75) is 62.6 Å². The van der Waals surface area contributed by atoms with E-state index in [4.69, 9.17) is 4.74 Å². The molecule has 5 nitrogen and oxygen atoms in total. The smallest absolute Gasteiger partial charge is 0.266 e. The van der Waals surface area contributed by atoms with Crippen LogP contribution in [0.1, 0.15) is 55.6 Å². The minimum Gasteiger partial charge on any atom is -0.376 e. The molecular formula is C25H31F3N2O3S. The molecule has 0 spiro atoms. The summed E-state index contributed by atoms with van der Waals surface area (Å²) >= 11 is 0. The molecule has 1 N–H and O–H groups in total. The van der Waals surface area contributed by atoms with Crippen molar-refractivity contribution in [3.63, 3.8) is 0 Å². The summed E-state index contributed by atoms with van der Waals surface area (Å²) in [6.45, 7) is 0.714. The lowest BCUT2D eigenvalue weighted by molar-refractivity contribution is 0.0157. The normalized spacial score (nSPS) is 25.7. The van der Waals surface area contributed by atoms with Gasteiger partial charge >= 0.3 is 0 Å². The van der Waals surface area contributed by atoms with Crippen LogP contribution in [-0.2, 0) is 14.8 Å². The molecular weight excluding hydrogens is 465 g/mol. The van der Waals surface area contributed by atoms with Crippen LogP contribution in [0.15, 0.2) is 48.5 Å². The molecule has 0 amide bonds. The lowest BCUT2D eigenvalue weighted by Crippen LogP contribution is -2.48. The summed E-state index contributed by atoms with van der Waals surface area (Å²) in [6, 6.07) is 13.3. The van der Waals surface area contributed by atoms with Gasteiger partial charge < -0.3 is 9.64 Å². The van der Waals surface area contributed by atoms with E-state index in [1.807, 2.05) is 11.0 Å². The van der Waals surface area contributed by atoms with E-state index >= 15 is 0 Å². The fourth-order valence-corrected chi connectivity index (χ4v) is 6.02. The van der Waals surface area contributed by atoms with Crippen molar-refractivity contribution in [1.29, 1.82) is 0 Å². The third-order valence-corrected chi connectivity index (χ3v) is 7.64. The highest BCUT2D eigenvalue weighted by Crippen LogP contribution is 2.35. The van der Waals surface area contributed by atoms with Crippen molar-refractivity contribution < 1.29 is 26.3 Å². The minimum absolute atomic E-state index is 0.0612. The van der Waals surface area contributed by atoms with Gasteiger partial charge in [-0.3, -0.25) is 0 Å². The molecule has 0 bridgehead atoms. The lowest BCUT2D eigenvalue weighted by Gasteiger charge is -2.34. The molecule has 2 aromatic rings. The summed E-state index contributed by atoms with van der Waals surface area (Å²) in [6.07, 6.45) is 2.58. The Bertz CT molecular complexity index is 1060. The molecule has 2 atom stereocenters. The van der Waals surface area contributed by atoms with Gasteiger partial charge in [-0.2, -0.15) is 0 Å². The maximum absolute atomic E-state index is 13.8. The van der Waals surface area contributed by atoms with Gasteiger partial charge in [0.05, 0.1) is 30.6 Å². The fourth-order valence-electron chi connectivity index (χ4n) is 5.19. The van der Waals surface area contributed by atoms with Gasteiger partial charge in [0.25, 0.3) is 6.43 Å². The number of sulfonamides is 1. The fraction of sp³-hybridized carbons (Fsp3) is 0.520. The molecule has 9 heteroatoms. The Labute approximate surface area is 199 Å². The van der Waals surface area contributed by atoms with Crippen LogP contribution in [0.2, 0.25) is 0 Å². The second-order valence-corrected chi connectivity index (χ2v) is 11.1. The van der Waals surface area contributed by atoms with Crippen LogP contribution in [0.25, 0.3) is 0 Å². The van der Waals surface area contributed by atoms with E-state index in [9.17, 15) is 21.6 Å². The van der Waals surface area contributed by atoms with E-state index in [2.05, 4.69) is 29.0 Å². The highest BCUT2D eigenvalue weighted by molar-refractivity contribution is 7.88. The molecule has 0 radical (unpaired) electrons. The first-order valence-corrected chi connectivity index (χ1v) is 13.6. The summed E-state index contributed by atoms with van der Waals surface area (Å²) in [5, 5.41) is 0. The quantitative estimate of drug-likeness (QED) is 0.559. The predicted octanol–water partition coefficient (Wildman–Crippen LogP) is 5.00. The number of hydrogen-bond donors (Lipinski definition) is 1. The molecule has 0 unspecified atom stereocenters. The Balaban J connectivity index is 1.44. The van der Waals surface area contributed by atoms with Gasteiger partial charge in [-0.05, 0) is 61.8 Å². The van der Waals surface area contributed by atoms with Crippen LogP contribution >= 0.6 is 0 Å². The van der Waals surface area contributed by atoms with Gasteiger partial charge in [0.1, 0.15) is 5.82 Å². The summed E-state index contributed by atoms with van der Waals surface area (Å²) in [4.78, 5) is 1.85. The number of benzene rings is 2. The van der Waals surface area contributed by atoms with Crippen LogP contribution < -0.4 is 9.62 Å². The van der Waals surface area contributed by atoms with Gasteiger partial charge in [0.15, 0.2) is 0 Å². The molecule has 1 heterocycles. The van der Waals surface area contributed by atoms with Crippen molar-refractivity contribution >= 4 is 15.7 Å². The van der Waals surface area contributed by atoms with Gasteiger partial charge in [-0.15, -0.1) is 0 Å². The van der Waals surface area contributed by atoms with E-state index in [1.54, 1.807) is 0 Å². The largest absolute Gasteiger partial charge is 0.376 e. The molecule has 1 aliphatic carbocycles. The van der Waals surface area contributed by atoms with Crippen LogP contribution in [0.4, 0.5) is 18.9 Å². The number of nitrogens with zero attached hydrogens (tertiary/aromatic N) is 1. The maximum Gasteiger partial charge on any atom is 0.266 e. The summed E-state index contributed by atoms with van der Waals surface area (Å²) in [7, 11) is -3.47. The summed E-state index contributed by atoms with van der Waals surface area (Å²) < 4.78 is 73.1. The second-order valence-electron chi connectivity index (χ2n) is 9.27. The van der Waals surface area contributed by atoms with E-state index in [-0.39, 0.29) is 18.8 Å². The maximum atomic E-state index is 13.8. The van der Waals surface area contributed by atoms with Crippen LogP contribution in [0.5, 0.6) is 0 Å². The summed E-state index contributed by atoms with van der Waals surface area (Å²) in [5.74, 6) is -0.442. The Morgan fingerprint density at radius 1 is 1.06 bits per heavy atom. The Hall–Kier alpha value is -2.10. The van der Waals surface area contributed by atoms with Crippen molar-refractivity contribution in [2.24, 2.45) is 0 Å². The first-order chi connectivity index (χ1) is 16.2. The van der Waals surface area contributed by atoms with Gasteiger partial charge in [0, 0.05) is 18.3 Å². The summed E-state index contributed by atoms with van der Waals surface area (Å²) in [5.41, 5.74) is 1.12. The van der Waals surface area contributed by atoms with Gasteiger partial charge in [0.2, 0.25) is 10.0 Å². The molecule has 0 aromatic heterocycles. The van der Waals surface area contributed by atoms with E-state index in [0.717, 1.165) is 44.1 Å². The minimum atomic E-state index is -3.47. The predicted molar refractivity (Wildman–Crippen MR) is 126 cm³/mol. The Kier molecular flexibility index (Phi) is 7.84. The third-order valence-electron chi connectivity index (χ3n) is 6.91. The number of hydrogen-bond acceptors (Lipinski definition) is 4. The number of halogens is 3. The molecule has 2 aliphatic rings. The first kappa shape index (κ1) is 25.0. The highest BCUT2D eigenvalue weighted by Gasteiger charge is 2.37. The highest BCUT2D eigenvalue weighted by atomic mass is 32.2. The van der Waals surface area contributed by atoms with Crippen molar-refractivity contribution in [3.05, 3.63) is 65.5 Å².